The molecular formula is C14H16N2. The highest BCUT2D eigenvalue weighted by Gasteiger charge is 2.31. The highest BCUT2D eigenvalue weighted by molar-refractivity contribution is 5.81. The molecule has 1 aromatic carbocycles. The number of nitrogens with one attached hydrogen (secondary N) is 1. The van der Waals surface area contributed by atoms with Gasteiger partial charge < -0.3 is 5.32 Å². The van der Waals surface area contributed by atoms with Crippen molar-refractivity contribution in [1.29, 1.82) is 0 Å². The van der Waals surface area contributed by atoms with E-state index in [1.54, 1.807) is 0 Å². The van der Waals surface area contributed by atoms with Gasteiger partial charge in [0, 0.05) is 30.4 Å². The molecule has 82 valence electrons. The van der Waals surface area contributed by atoms with Crippen LogP contribution in [0.1, 0.15) is 18.9 Å². The number of nitrogens with zero attached hydrogens (tertiary/aromatic N) is 1. The van der Waals surface area contributed by atoms with Gasteiger partial charge in [-0.15, -0.1) is 0 Å². The van der Waals surface area contributed by atoms with Crippen molar-refractivity contribution in [3.63, 3.8) is 0 Å². The van der Waals surface area contributed by atoms with E-state index in [0.717, 1.165) is 18.5 Å². The van der Waals surface area contributed by atoms with Crippen LogP contribution in [-0.2, 0) is 6.54 Å². The molecular weight excluding hydrogens is 196 g/mol. The molecule has 2 unspecified atom stereocenters. The van der Waals surface area contributed by atoms with Crippen LogP contribution in [0.3, 0.4) is 0 Å². The van der Waals surface area contributed by atoms with Crippen LogP contribution < -0.4 is 5.32 Å². The van der Waals surface area contributed by atoms with Gasteiger partial charge in [0.1, 0.15) is 0 Å². The predicted octanol–water partition coefficient (Wildman–Crippen LogP) is 2.73. The minimum Gasteiger partial charge on any atom is -0.310 e. The zero-order chi connectivity index (χ0) is 11.0. The van der Waals surface area contributed by atoms with Crippen molar-refractivity contribution in [2.24, 2.45) is 5.92 Å². The fourth-order valence-electron chi connectivity index (χ4n) is 2.10. The van der Waals surface area contributed by atoms with E-state index in [4.69, 9.17) is 0 Å². The van der Waals surface area contributed by atoms with Gasteiger partial charge in [0.25, 0.3) is 0 Å². The van der Waals surface area contributed by atoms with Gasteiger partial charge in [-0.2, -0.15) is 0 Å². The first-order valence-electron chi connectivity index (χ1n) is 5.89. The first kappa shape index (κ1) is 9.79. The molecule has 2 atom stereocenters. The number of fused-ring (bicyclic) bond motifs is 1. The van der Waals surface area contributed by atoms with E-state index in [0.29, 0.717) is 0 Å². The molecule has 0 aliphatic heterocycles. The van der Waals surface area contributed by atoms with Crippen LogP contribution in [-0.4, -0.2) is 11.0 Å². The SMILES string of the molecule is CC1CC1NCc1ccc2cnccc2c1. The Morgan fingerprint density at radius 1 is 1.31 bits per heavy atom. The molecule has 2 nitrogen and oxygen atoms in total. The van der Waals surface area contributed by atoms with Crippen LogP contribution in [0.4, 0.5) is 0 Å². The number of aromatic nitrogens is 1. The summed E-state index contributed by atoms with van der Waals surface area (Å²) in [4.78, 5) is 4.12. The number of benzene rings is 1. The van der Waals surface area contributed by atoms with E-state index in [1.807, 2.05) is 12.4 Å². The lowest BCUT2D eigenvalue weighted by atomic mass is 10.1. The molecule has 0 bridgehead atoms. The average molecular weight is 212 g/mol. The molecule has 0 radical (unpaired) electrons. The summed E-state index contributed by atoms with van der Waals surface area (Å²) in [6, 6.07) is 9.39. The van der Waals surface area contributed by atoms with Crippen LogP contribution in [0.2, 0.25) is 0 Å². The maximum atomic E-state index is 4.12. The Bertz CT molecular complexity index is 507. The van der Waals surface area contributed by atoms with E-state index in [1.165, 1.54) is 22.8 Å². The van der Waals surface area contributed by atoms with Crippen molar-refractivity contribution in [2.45, 2.75) is 25.9 Å². The van der Waals surface area contributed by atoms with Crippen LogP contribution in [0.25, 0.3) is 10.8 Å². The van der Waals surface area contributed by atoms with E-state index < -0.39 is 0 Å². The normalized spacial score (nSPS) is 23.6. The Balaban J connectivity index is 1.77. The third kappa shape index (κ3) is 1.93. The smallest absolute Gasteiger partial charge is 0.0346 e. The molecule has 3 rings (SSSR count). The summed E-state index contributed by atoms with van der Waals surface area (Å²) in [5.41, 5.74) is 1.36. The Kier molecular flexibility index (Phi) is 2.37. The van der Waals surface area contributed by atoms with Crippen molar-refractivity contribution < 1.29 is 0 Å². The monoisotopic (exact) mass is 212 g/mol. The quantitative estimate of drug-likeness (QED) is 0.846. The molecule has 1 fully saturated rings. The Morgan fingerprint density at radius 3 is 3.00 bits per heavy atom. The fraction of sp³-hybridized carbons (Fsp3) is 0.357. The molecule has 1 aliphatic carbocycles. The molecule has 2 aromatic rings. The third-order valence-electron chi connectivity index (χ3n) is 3.38. The minimum atomic E-state index is 0.744. The van der Waals surface area contributed by atoms with Crippen LogP contribution >= 0.6 is 0 Å². The van der Waals surface area contributed by atoms with Gasteiger partial charge >= 0.3 is 0 Å². The molecule has 16 heavy (non-hydrogen) atoms. The van der Waals surface area contributed by atoms with Gasteiger partial charge in [0.15, 0.2) is 0 Å². The summed E-state index contributed by atoms with van der Waals surface area (Å²) >= 11 is 0. The summed E-state index contributed by atoms with van der Waals surface area (Å²) < 4.78 is 0. The second-order valence-corrected chi connectivity index (χ2v) is 4.76. The molecule has 0 spiro atoms. The van der Waals surface area contributed by atoms with E-state index in [9.17, 15) is 0 Å². The molecule has 1 aliphatic rings. The number of hydrogen-bond acceptors (Lipinski definition) is 2. The van der Waals surface area contributed by atoms with Crippen molar-refractivity contribution >= 4 is 10.8 Å². The van der Waals surface area contributed by atoms with Crippen LogP contribution in [0.5, 0.6) is 0 Å². The molecule has 1 aromatic heterocycles. The summed E-state index contributed by atoms with van der Waals surface area (Å²) in [6.45, 7) is 3.27. The molecule has 1 N–H and O–H groups in total. The molecule has 2 heteroatoms. The summed E-state index contributed by atoms with van der Waals surface area (Å²) in [6.07, 6.45) is 5.09. The first-order chi connectivity index (χ1) is 7.83. The summed E-state index contributed by atoms with van der Waals surface area (Å²) in [5.74, 6) is 0.865. The van der Waals surface area contributed by atoms with Gasteiger partial charge in [-0.3, -0.25) is 4.98 Å². The average Bonchev–Trinajstić information content (AvgIpc) is 3.03. The van der Waals surface area contributed by atoms with Gasteiger partial charge in [-0.05, 0) is 35.4 Å². The maximum Gasteiger partial charge on any atom is 0.0346 e. The van der Waals surface area contributed by atoms with E-state index in [2.05, 4.69) is 41.5 Å². The van der Waals surface area contributed by atoms with E-state index in [-0.39, 0.29) is 0 Å². The highest BCUT2D eigenvalue weighted by atomic mass is 15.0. The Morgan fingerprint density at radius 2 is 2.19 bits per heavy atom. The lowest BCUT2D eigenvalue weighted by Gasteiger charge is -2.05. The van der Waals surface area contributed by atoms with Gasteiger partial charge in [-0.1, -0.05) is 19.1 Å². The first-order valence-corrected chi connectivity index (χ1v) is 5.89. The summed E-state index contributed by atoms with van der Waals surface area (Å²) in [5, 5.41) is 6.06. The maximum absolute atomic E-state index is 4.12. The van der Waals surface area contributed by atoms with Crippen molar-refractivity contribution in [3.05, 3.63) is 42.2 Å². The van der Waals surface area contributed by atoms with Crippen molar-refractivity contribution in [2.75, 3.05) is 0 Å². The van der Waals surface area contributed by atoms with Crippen LogP contribution in [0.15, 0.2) is 36.7 Å². The van der Waals surface area contributed by atoms with Crippen molar-refractivity contribution in [1.82, 2.24) is 10.3 Å². The predicted molar refractivity (Wildman–Crippen MR) is 66.2 cm³/mol. The molecule has 0 amide bonds. The third-order valence-corrected chi connectivity index (χ3v) is 3.38. The lowest BCUT2D eigenvalue weighted by molar-refractivity contribution is 0.653. The van der Waals surface area contributed by atoms with E-state index >= 15 is 0 Å². The largest absolute Gasteiger partial charge is 0.310 e. The Hall–Kier alpha value is -1.41. The van der Waals surface area contributed by atoms with Crippen LogP contribution in [0, 0.1) is 5.92 Å². The second kappa shape index (κ2) is 3.87. The lowest BCUT2D eigenvalue weighted by Crippen LogP contribution is -2.16. The summed E-state index contributed by atoms with van der Waals surface area (Å²) in [7, 11) is 0. The standard InChI is InChI=1S/C14H16N2/c1-10-6-14(10)16-8-11-2-3-13-9-15-5-4-12(13)7-11/h2-5,7,9-10,14,16H,6,8H2,1H3. The van der Waals surface area contributed by atoms with Gasteiger partial charge in [-0.25, -0.2) is 0 Å². The number of rotatable bonds is 3. The molecule has 0 saturated heterocycles. The topological polar surface area (TPSA) is 24.9 Å². The zero-order valence-electron chi connectivity index (χ0n) is 9.48. The zero-order valence-corrected chi connectivity index (χ0v) is 9.48. The van der Waals surface area contributed by atoms with Gasteiger partial charge in [0.2, 0.25) is 0 Å². The fourth-order valence-corrected chi connectivity index (χ4v) is 2.10. The number of hydrogen-bond donors (Lipinski definition) is 1. The van der Waals surface area contributed by atoms with Crippen molar-refractivity contribution in [3.8, 4) is 0 Å². The highest BCUT2D eigenvalue weighted by Crippen LogP contribution is 2.29. The van der Waals surface area contributed by atoms with Gasteiger partial charge in [0.05, 0.1) is 0 Å². The minimum absolute atomic E-state index is 0.744. The Labute approximate surface area is 95.7 Å². The molecule has 1 saturated carbocycles. The molecule has 1 heterocycles. The second-order valence-electron chi connectivity index (χ2n) is 4.76. The number of pyridine rings is 1.